The van der Waals surface area contributed by atoms with Crippen LogP contribution in [0.3, 0.4) is 0 Å². The largest absolute Gasteiger partial charge is 0.496 e. The second-order valence-corrected chi connectivity index (χ2v) is 5.83. The highest BCUT2D eigenvalue weighted by atomic mass is 16.5. The molecule has 2 aromatic rings. The van der Waals surface area contributed by atoms with Crippen LogP contribution in [0.15, 0.2) is 42.5 Å². The second-order valence-electron chi connectivity index (χ2n) is 5.83. The highest BCUT2D eigenvalue weighted by molar-refractivity contribution is 6.22. The molecule has 3 rings (SSSR count). The fourth-order valence-corrected chi connectivity index (χ4v) is 2.82. The summed E-state index contributed by atoms with van der Waals surface area (Å²) >= 11 is 0. The maximum Gasteiger partial charge on any atom is 0.262 e. The van der Waals surface area contributed by atoms with Gasteiger partial charge < -0.3 is 10.1 Å². The zero-order valence-corrected chi connectivity index (χ0v) is 14.0. The Labute approximate surface area is 145 Å². The van der Waals surface area contributed by atoms with E-state index in [9.17, 15) is 14.4 Å². The maximum absolute atomic E-state index is 12.3. The van der Waals surface area contributed by atoms with Crippen LogP contribution in [-0.4, -0.2) is 36.3 Å². The molecule has 0 spiro atoms. The average Bonchev–Trinajstić information content (AvgIpc) is 2.85. The molecule has 128 valence electrons. The minimum Gasteiger partial charge on any atom is -0.496 e. The summed E-state index contributed by atoms with van der Waals surface area (Å²) in [5.74, 6) is -0.613. The van der Waals surface area contributed by atoms with Gasteiger partial charge in [0.2, 0.25) is 5.91 Å². The van der Waals surface area contributed by atoms with Gasteiger partial charge in [-0.25, -0.2) is 0 Å². The first-order valence-electron chi connectivity index (χ1n) is 7.86. The van der Waals surface area contributed by atoms with E-state index in [0.29, 0.717) is 16.9 Å². The summed E-state index contributed by atoms with van der Waals surface area (Å²) in [6, 6.07) is 12.2. The molecule has 1 aliphatic rings. The van der Waals surface area contributed by atoms with Gasteiger partial charge in [0.1, 0.15) is 12.3 Å². The van der Waals surface area contributed by atoms with Gasteiger partial charge >= 0.3 is 0 Å². The molecule has 1 N–H and O–H groups in total. The second kappa shape index (κ2) is 6.76. The zero-order valence-electron chi connectivity index (χ0n) is 14.0. The van der Waals surface area contributed by atoms with Crippen LogP contribution >= 0.6 is 0 Å². The molecule has 1 heterocycles. The van der Waals surface area contributed by atoms with Crippen molar-refractivity contribution in [3.63, 3.8) is 0 Å². The van der Waals surface area contributed by atoms with Gasteiger partial charge in [-0.2, -0.15) is 0 Å². The summed E-state index contributed by atoms with van der Waals surface area (Å²) in [5, 5.41) is 2.73. The molecule has 1 aliphatic heterocycles. The first-order valence-corrected chi connectivity index (χ1v) is 7.86. The van der Waals surface area contributed by atoms with E-state index in [1.165, 1.54) is 0 Å². The quantitative estimate of drug-likeness (QED) is 0.845. The molecule has 6 nitrogen and oxygen atoms in total. The van der Waals surface area contributed by atoms with Crippen LogP contribution < -0.4 is 10.1 Å². The van der Waals surface area contributed by atoms with Gasteiger partial charge in [-0.15, -0.1) is 0 Å². The van der Waals surface area contributed by atoms with Crippen molar-refractivity contribution in [1.29, 1.82) is 0 Å². The summed E-state index contributed by atoms with van der Waals surface area (Å²) in [4.78, 5) is 37.7. The Bertz CT molecular complexity index is 825. The van der Waals surface area contributed by atoms with E-state index >= 15 is 0 Å². The number of nitrogens with zero attached hydrogens (tertiary/aromatic N) is 1. The van der Waals surface area contributed by atoms with E-state index in [-0.39, 0.29) is 13.1 Å². The Morgan fingerprint density at radius 1 is 1.08 bits per heavy atom. The molecule has 0 saturated carbocycles. The van der Waals surface area contributed by atoms with E-state index in [1.807, 2.05) is 25.1 Å². The molecular weight excluding hydrogens is 320 g/mol. The van der Waals surface area contributed by atoms with Crippen molar-refractivity contribution in [3.05, 3.63) is 64.7 Å². The first-order chi connectivity index (χ1) is 12.0. The van der Waals surface area contributed by atoms with Gasteiger partial charge in [-0.05, 0) is 25.1 Å². The van der Waals surface area contributed by atoms with Crippen molar-refractivity contribution in [2.24, 2.45) is 0 Å². The molecule has 0 atom stereocenters. The third-order valence-electron chi connectivity index (χ3n) is 4.09. The van der Waals surface area contributed by atoms with Crippen LogP contribution in [0.5, 0.6) is 5.75 Å². The van der Waals surface area contributed by atoms with Crippen molar-refractivity contribution < 1.29 is 19.1 Å². The number of carbonyl (C=O) groups excluding carboxylic acids is 3. The number of amides is 3. The number of aryl methyl sites for hydroxylation is 1. The van der Waals surface area contributed by atoms with Crippen LogP contribution in [0.25, 0.3) is 0 Å². The monoisotopic (exact) mass is 338 g/mol. The number of methoxy groups -OCH3 is 1. The molecule has 0 unspecified atom stereocenters. The summed E-state index contributed by atoms with van der Waals surface area (Å²) < 4.78 is 5.27. The molecule has 2 aromatic carbocycles. The standard InChI is InChI=1S/C19H18N2O4/c1-12-7-8-16(25-2)13(9-12)10-20-17(22)11-21-18(23)14-5-3-4-6-15(14)19(21)24/h3-9H,10-11H2,1-2H3,(H,20,22). The zero-order chi connectivity index (χ0) is 18.0. The Kier molecular flexibility index (Phi) is 4.52. The number of hydrogen-bond donors (Lipinski definition) is 1. The van der Waals surface area contributed by atoms with Crippen molar-refractivity contribution >= 4 is 17.7 Å². The first kappa shape index (κ1) is 16.7. The van der Waals surface area contributed by atoms with Crippen molar-refractivity contribution in [1.82, 2.24) is 10.2 Å². The van der Waals surface area contributed by atoms with Crippen LogP contribution in [-0.2, 0) is 11.3 Å². The van der Waals surface area contributed by atoms with Crippen molar-refractivity contribution in [2.75, 3.05) is 13.7 Å². The van der Waals surface area contributed by atoms with E-state index in [4.69, 9.17) is 4.74 Å². The normalized spacial score (nSPS) is 13.0. The molecule has 0 saturated heterocycles. The average molecular weight is 338 g/mol. The van der Waals surface area contributed by atoms with E-state index in [0.717, 1.165) is 16.0 Å². The predicted octanol–water partition coefficient (Wildman–Crippen LogP) is 1.92. The number of benzene rings is 2. The SMILES string of the molecule is COc1ccc(C)cc1CNC(=O)CN1C(=O)c2ccccc2C1=O. The number of hydrogen-bond acceptors (Lipinski definition) is 4. The molecule has 25 heavy (non-hydrogen) atoms. The van der Waals surface area contributed by atoms with Gasteiger partial charge in [0.25, 0.3) is 11.8 Å². The predicted molar refractivity (Wildman–Crippen MR) is 91.4 cm³/mol. The van der Waals surface area contributed by atoms with Crippen LogP contribution in [0.2, 0.25) is 0 Å². The molecule has 0 aliphatic carbocycles. The molecular formula is C19H18N2O4. The Hall–Kier alpha value is -3.15. The molecule has 6 heteroatoms. The Balaban J connectivity index is 1.65. The number of imide groups is 1. The Morgan fingerprint density at radius 2 is 1.72 bits per heavy atom. The minimum atomic E-state index is -0.441. The fraction of sp³-hybridized carbons (Fsp3) is 0.211. The summed E-state index contributed by atoms with van der Waals surface area (Å²) in [6.45, 7) is 1.90. The number of nitrogens with one attached hydrogen (secondary N) is 1. The minimum absolute atomic E-state index is 0.257. The number of carbonyl (C=O) groups is 3. The lowest BCUT2D eigenvalue weighted by molar-refractivity contribution is -0.121. The van der Waals surface area contributed by atoms with E-state index < -0.39 is 17.7 Å². The third-order valence-corrected chi connectivity index (χ3v) is 4.09. The highest BCUT2D eigenvalue weighted by Gasteiger charge is 2.36. The van der Waals surface area contributed by atoms with Gasteiger partial charge in [0, 0.05) is 12.1 Å². The smallest absolute Gasteiger partial charge is 0.262 e. The number of fused-ring (bicyclic) bond motifs is 1. The van der Waals surface area contributed by atoms with Crippen LogP contribution in [0.4, 0.5) is 0 Å². The molecule has 0 aromatic heterocycles. The van der Waals surface area contributed by atoms with Gasteiger partial charge in [0.05, 0.1) is 18.2 Å². The lowest BCUT2D eigenvalue weighted by Crippen LogP contribution is -2.40. The highest BCUT2D eigenvalue weighted by Crippen LogP contribution is 2.22. The van der Waals surface area contributed by atoms with Crippen LogP contribution in [0.1, 0.15) is 31.8 Å². The lowest BCUT2D eigenvalue weighted by Gasteiger charge is -2.15. The lowest BCUT2D eigenvalue weighted by atomic mass is 10.1. The topological polar surface area (TPSA) is 75.7 Å². The van der Waals surface area contributed by atoms with Gasteiger partial charge in [0.15, 0.2) is 0 Å². The molecule has 3 amide bonds. The number of ether oxygens (including phenoxy) is 1. The number of rotatable bonds is 5. The summed E-state index contributed by atoms with van der Waals surface area (Å²) in [7, 11) is 1.56. The van der Waals surface area contributed by atoms with E-state index in [1.54, 1.807) is 31.4 Å². The van der Waals surface area contributed by atoms with Crippen molar-refractivity contribution in [3.8, 4) is 5.75 Å². The Morgan fingerprint density at radius 3 is 2.32 bits per heavy atom. The molecule has 0 bridgehead atoms. The van der Waals surface area contributed by atoms with Crippen molar-refractivity contribution in [2.45, 2.75) is 13.5 Å². The summed E-state index contributed by atoms with van der Waals surface area (Å²) in [5.41, 5.74) is 2.55. The fourth-order valence-electron chi connectivity index (χ4n) is 2.82. The van der Waals surface area contributed by atoms with Gasteiger partial charge in [-0.3, -0.25) is 19.3 Å². The van der Waals surface area contributed by atoms with E-state index in [2.05, 4.69) is 5.32 Å². The summed E-state index contributed by atoms with van der Waals surface area (Å²) in [6.07, 6.45) is 0. The maximum atomic E-state index is 12.3. The van der Waals surface area contributed by atoms with Crippen LogP contribution in [0, 0.1) is 6.92 Å². The third kappa shape index (κ3) is 3.24. The van der Waals surface area contributed by atoms with Gasteiger partial charge in [-0.1, -0.05) is 29.8 Å². The molecule has 0 radical (unpaired) electrons. The molecule has 0 fully saturated rings.